The molecule has 0 aromatic heterocycles. The molecule has 0 unspecified atom stereocenters. The molecule has 0 atom stereocenters. The molecular formula is C20H15ClS. The topological polar surface area (TPSA) is 0 Å². The minimum atomic E-state index is 0.709. The molecular weight excluding hydrogens is 308 g/mol. The zero-order valence-electron chi connectivity index (χ0n) is 12.0. The van der Waals surface area contributed by atoms with E-state index in [4.69, 9.17) is 23.8 Å². The highest BCUT2D eigenvalue weighted by Crippen LogP contribution is 2.17. The van der Waals surface area contributed by atoms with E-state index in [1.54, 1.807) is 0 Å². The van der Waals surface area contributed by atoms with Crippen molar-refractivity contribution in [3.05, 3.63) is 106 Å². The van der Waals surface area contributed by atoms with Crippen LogP contribution < -0.4 is 0 Å². The van der Waals surface area contributed by atoms with Crippen molar-refractivity contribution in [1.82, 2.24) is 0 Å². The third-order valence-corrected chi connectivity index (χ3v) is 4.26. The highest BCUT2D eigenvalue weighted by atomic mass is 35.5. The van der Waals surface area contributed by atoms with Gasteiger partial charge in [-0.15, -0.1) is 0 Å². The minimum Gasteiger partial charge on any atom is -0.0843 e. The van der Waals surface area contributed by atoms with Crippen LogP contribution in [-0.4, -0.2) is 4.86 Å². The monoisotopic (exact) mass is 322 g/mol. The first-order valence-electron chi connectivity index (χ1n) is 7.15. The maximum atomic E-state index is 6.03. The van der Waals surface area contributed by atoms with Crippen LogP contribution in [0, 0.1) is 0 Å². The van der Waals surface area contributed by atoms with Gasteiger partial charge in [0.05, 0.1) is 4.86 Å². The van der Waals surface area contributed by atoms with Gasteiger partial charge in [-0.2, -0.15) is 0 Å². The van der Waals surface area contributed by atoms with Gasteiger partial charge in [-0.05, 0) is 40.8 Å². The summed E-state index contributed by atoms with van der Waals surface area (Å²) in [5.74, 6) is 0. The molecule has 3 aromatic carbocycles. The third-order valence-electron chi connectivity index (χ3n) is 3.55. The van der Waals surface area contributed by atoms with Crippen LogP contribution in [0.25, 0.3) is 0 Å². The molecule has 0 aliphatic rings. The van der Waals surface area contributed by atoms with Gasteiger partial charge in [0.2, 0.25) is 0 Å². The summed E-state index contributed by atoms with van der Waals surface area (Å²) in [5.41, 5.74) is 4.63. The molecule has 0 saturated carbocycles. The first-order chi connectivity index (χ1) is 10.7. The fraction of sp³-hybridized carbons (Fsp3) is 0.0500. The van der Waals surface area contributed by atoms with Gasteiger partial charge in [0.1, 0.15) is 0 Å². The molecule has 0 fully saturated rings. The predicted molar refractivity (Wildman–Crippen MR) is 97.9 cm³/mol. The second kappa shape index (κ2) is 6.87. The van der Waals surface area contributed by atoms with Crippen LogP contribution in [0.1, 0.15) is 22.3 Å². The largest absolute Gasteiger partial charge is 0.0843 e. The van der Waals surface area contributed by atoms with Gasteiger partial charge in [0.15, 0.2) is 0 Å². The standard InChI is InChI=1S/C20H15ClS/c21-19-8-4-7-18(14-19)20(22)17-11-9-16(10-12-17)13-15-5-2-1-3-6-15/h1-12,14H,13H2. The lowest BCUT2D eigenvalue weighted by molar-refractivity contribution is 1.19. The van der Waals surface area contributed by atoms with Crippen LogP contribution in [0.4, 0.5) is 0 Å². The van der Waals surface area contributed by atoms with Gasteiger partial charge >= 0.3 is 0 Å². The Balaban J connectivity index is 1.78. The van der Waals surface area contributed by atoms with E-state index < -0.39 is 0 Å². The van der Waals surface area contributed by atoms with Gasteiger partial charge in [-0.1, -0.05) is 90.5 Å². The smallest absolute Gasteiger partial charge is 0.0522 e. The van der Waals surface area contributed by atoms with Crippen LogP contribution in [0.15, 0.2) is 78.9 Å². The van der Waals surface area contributed by atoms with Crippen LogP contribution in [0.2, 0.25) is 5.02 Å². The Hall–Kier alpha value is -1.96. The fourth-order valence-corrected chi connectivity index (χ4v) is 2.86. The summed E-state index contributed by atoms with van der Waals surface area (Å²) in [6.07, 6.45) is 0.936. The van der Waals surface area contributed by atoms with E-state index in [-0.39, 0.29) is 0 Å². The summed E-state index contributed by atoms with van der Waals surface area (Å²) >= 11 is 11.6. The van der Waals surface area contributed by atoms with Crippen molar-refractivity contribution in [2.24, 2.45) is 0 Å². The van der Waals surface area contributed by atoms with E-state index in [9.17, 15) is 0 Å². The summed E-state index contributed by atoms with van der Waals surface area (Å²) in [4.78, 5) is 0.828. The van der Waals surface area contributed by atoms with Crippen LogP contribution in [0.5, 0.6) is 0 Å². The number of benzene rings is 3. The normalized spacial score (nSPS) is 10.4. The Morgan fingerprint density at radius 3 is 2.09 bits per heavy atom. The molecule has 108 valence electrons. The molecule has 2 heteroatoms. The van der Waals surface area contributed by atoms with Crippen molar-refractivity contribution in [3.63, 3.8) is 0 Å². The summed E-state index contributed by atoms with van der Waals surface area (Å²) in [5, 5.41) is 0.709. The second-order valence-electron chi connectivity index (χ2n) is 5.20. The highest BCUT2D eigenvalue weighted by molar-refractivity contribution is 7.81. The average molecular weight is 323 g/mol. The highest BCUT2D eigenvalue weighted by Gasteiger charge is 2.05. The average Bonchev–Trinajstić information content (AvgIpc) is 2.56. The van der Waals surface area contributed by atoms with Gasteiger partial charge in [-0.25, -0.2) is 0 Å². The first-order valence-corrected chi connectivity index (χ1v) is 7.94. The van der Waals surface area contributed by atoms with Crippen LogP contribution in [-0.2, 0) is 6.42 Å². The quantitative estimate of drug-likeness (QED) is 0.439. The Morgan fingerprint density at radius 1 is 0.727 bits per heavy atom. The van der Waals surface area contributed by atoms with Gasteiger partial charge < -0.3 is 0 Å². The lowest BCUT2D eigenvalue weighted by Crippen LogP contribution is -2.00. The number of hydrogen-bond acceptors (Lipinski definition) is 1. The number of rotatable bonds is 4. The molecule has 3 rings (SSSR count). The van der Waals surface area contributed by atoms with E-state index in [1.165, 1.54) is 11.1 Å². The van der Waals surface area contributed by atoms with E-state index in [2.05, 4.69) is 48.5 Å². The molecule has 0 aliphatic carbocycles. The summed E-state index contributed by atoms with van der Waals surface area (Å²) in [7, 11) is 0. The summed E-state index contributed by atoms with van der Waals surface area (Å²) in [6, 6.07) is 26.6. The zero-order valence-corrected chi connectivity index (χ0v) is 13.6. The number of hydrogen-bond donors (Lipinski definition) is 0. The molecule has 0 N–H and O–H groups in total. The van der Waals surface area contributed by atoms with Crippen LogP contribution in [0.3, 0.4) is 0 Å². The van der Waals surface area contributed by atoms with Crippen molar-refractivity contribution >= 4 is 28.7 Å². The Kier molecular flexibility index (Phi) is 4.67. The Labute approximate surface area is 141 Å². The molecule has 0 amide bonds. The van der Waals surface area contributed by atoms with Gasteiger partial charge in [0.25, 0.3) is 0 Å². The van der Waals surface area contributed by atoms with Crippen molar-refractivity contribution in [1.29, 1.82) is 0 Å². The van der Waals surface area contributed by atoms with E-state index in [1.807, 2.05) is 30.3 Å². The molecule has 0 radical (unpaired) electrons. The van der Waals surface area contributed by atoms with E-state index >= 15 is 0 Å². The third kappa shape index (κ3) is 3.62. The maximum Gasteiger partial charge on any atom is 0.0522 e. The molecule has 0 aliphatic heterocycles. The lowest BCUT2D eigenvalue weighted by atomic mass is 10.0. The molecule has 0 spiro atoms. The first kappa shape index (κ1) is 15.0. The van der Waals surface area contributed by atoms with Gasteiger partial charge in [0, 0.05) is 5.02 Å². The molecule has 0 bridgehead atoms. The molecule has 0 saturated heterocycles. The molecule has 0 nitrogen and oxygen atoms in total. The van der Waals surface area contributed by atoms with E-state index in [0.29, 0.717) is 5.02 Å². The summed E-state index contributed by atoms with van der Waals surface area (Å²) in [6.45, 7) is 0. The van der Waals surface area contributed by atoms with E-state index in [0.717, 1.165) is 22.4 Å². The van der Waals surface area contributed by atoms with Crippen molar-refractivity contribution in [3.8, 4) is 0 Å². The Bertz CT molecular complexity index is 776. The molecule has 22 heavy (non-hydrogen) atoms. The van der Waals surface area contributed by atoms with Crippen molar-refractivity contribution in [2.45, 2.75) is 6.42 Å². The molecule has 0 heterocycles. The minimum absolute atomic E-state index is 0.709. The Morgan fingerprint density at radius 2 is 1.41 bits per heavy atom. The van der Waals surface area contributed by atoms with Gasteiger partial charge in [-0.3, -0.25) is 0 Å². The maximum absolute atomic E-state index is 6.03. The van der Waals surface area contributed by atoms with Crippen LogP contribution >= 0.6 is 23.8 Å². The number of halogens is 1. The number of thiocarbonyl (C=S) groups is 1. The van der Waals surface area contributed by atoms with Crippen molar-refractivity contribution < 1.29 is 0 Å². The zero-order chi connectivity index (χ0) is 15.4. The predicted octanol–water partition coefficient (Wildman–Crippen LogP) is 5.70. The van der Waals surface area contributed by atoms with Crippen molar-refractivity contribution in [2.75, 3.05) is 0 Å². The molecule has 3 aromatic rings. The SMILES string of the molecule is S=C(c1ccc(Cc2ccccc2)cc1)c1cccc(Cl)c1. The second-order valence-corrected chi connectivity index (χ2v) is 6.04. The summed E-state index contributed by atoms with van der Waals surface area (Å²) < 4.78 is 0. The fourth-order valence-electron chi connectivity index (χ4n) is 2.40. The lowest BCUT2D eigenvalue weighted by Gasteiger charge is -2.07.